The lowest BCUT2D eigenvalue weighted by molar-refractivity contribution is -0.139. The van der Waals surface area contributed by atoms with E-state index in [4.69, 9.17) is 4.74 Å². The summed E-state index contributed by atoms with van der Waals surface area (Å²) in [6, 6.07) is 13.9. The number of ether oxygens (including phenoxy) is 1. The number of aliphatic hydroxyl groups excluding tert-OH is 1. The van der Waals surface area contributed by atoms with E-state index in [1.807, 2.05) is 36.4 Å². The molecule has 0 bridgehead atoms. The minimum atomic E-state index is -0.0204. The summed E-state index contributed by atoms with van der Waals surface area (Å²) in [6.45, 7) is 0.842. The van der Waals surface area contributed by atoms with E-state index in [2.05, 4.69) is 28.1 Å². The van der Waals surface area contributed by atoms with Crippen molar-refractivity contribution < 1.29 is 14.6 Å². The quantitative estimate of drug-likeness (QED) is 0.751. The largest absolute Gasteiger partial charge is 0.497 e. The van der Waals surface area contributed by atoms with Crippen LogP contribution in [0.3, 0.4) is 0 Å². The molecular weight excluding hydrogens is 388 g/mol. The summed E-state index contributed by atoms with van der Waals surface area (Å²) >= 11 is 0. The van der Waals surface area contributed by atoms with Gasteiger partial charge in [0.05, 0.1) is 25.8 Å². The number of nitrogens with zero attached hydrogens (tertiary/aromatic N) is 1. The van der Waals surface area contributed by atoms with Gasteiger partial charge in [-0.1, -0.05) is 18.3 Å². The van der Waals surface area contributed by atoms with E-state index in [0.29, 0.717) is 0 Å². The van der Waals surface area contributed by atoms with Crippen LogP contribution in [0.2, 0.25) is 0 Å². The minimum absolute atomic E-state index is 0.0178. The van der Waals surface area contributed by atoms with Gasteiger partial charge >= 0.3 is 0 Å². The molecule has 2 N–H and O–H groups in total. The maximum atomic E-state index is 13.1. The molecule has 0 aromatic heterocycles. The van der Waals surface area contributed by atoms with E-state index < -0.39 is 0 Å². The van der Waals surface area contributed by atoms with Crippen LogP contribution >= 0.6 is 0 Å². The Bertz CT molecular complexity index is 1030. The molecule has 2 aromatic carbocycles. The zero-order valence-electron chi connectivity index (χ0n) is 17.8. The van der Waals surface area contributed by atoms with Crippen molar-refractivity contribution in [2.24, 2.45) is 11.8 Å². The first-order valence-corrected chi connectivity index (χ1v) is 11.2. The van der Waals surface area contributed by atoms with Crippen molar-refractivity contribution in [3.63, 3.8) is 0 Å². The lowest BCUT2D eigenvalue weighted by atomic mass is 9.81. The van der Waals surface area contributed by atoms with Gasteiger partial charge in [-0.15, -0.1) is 0 Å². The molecule has 5 heteroatoms. The highest BCUT2D eigenvalue weighted by atomic mass is 16.5. The van der Waals surface area contributed by atoms with Crippen molar-refractivity contribution in [1.29, 1.82) is 0 Å². The summed E-state index contributed by atoms with van der Waals surface area (Å²) in [4.78, 5) is 15.2. The summed E-state index contributed by atoms with van der Waals surface area (Å²) < 4.78 is 5.21. The van der Waals surface area contributed by atoms with Crippen LogP contribution in [0.15, 0.2) is 42.5 Å². The fraction of sp³-hybridized carbons (Fsp3) is 0.423. The third-order valence-corrected chi connectivity index (χ3v) is 7.05. The van der Waals surface area contributed by atoms with Crippen molar-refractivity contribution in [3.05, 3.63) is 59.2 Å². The van der Waals surface area contributed by atoms with Crippen LogP contribution in [0.25, 0.3) is 0 Å². The predicted molar refractivity (Wildman–Crippen MR) is 120 cm³/mol. The van der Waals surface area contributed by atoms with Crippen LogP contribution in [-0.2, 0) is 4.79 Å². The molecule has 3 atom stereocenters. The zero-order valence-corrected chi connectivity index (χ0v) is 17.8. The van der Waals surface area contributed by atoms with Crippen LogP contribution in [0.4, 0.5) is 5.69 Å². The number of methoxy groups -OCH3 is 1. The van der Waals surface area contributed by atoms with Gasteiger partial charge in [-0.3, -0.25) is 4.79 Å². The minimum Gasteiger partial charge on any atom is -0.497 e. The second-order valence-electron chi connectivity index (χ2n) is 8.77. The number of carbonyl (C=O) groups excluding carboxylic acids is 1. The van der Waals surface area contributed by atoms with Gasteiger partial charge in [-0.2, -0.15) is 0 Å². The van der Waals surface area contributed by atoms with E-state index in [0.717, 1.165) is 60.4 Å². The lowest BCUT2D eigenvalue weighted by Gasteiger charge is -2.41. The molecule has 2 heterocycles. The van der Waals surface area contributed by atoms with Crippen molar-refractivity contribution in [2.45, 2.75) is 37.8 Å². The van der Waals surface area contributed by atoms with Crippen molar-refractivity contribution in [1.82, 2.24) is 4.90 Å². The van der Waals surface area contributed by atoms with Gasteiger partial charge in [0.1, 0.15) is 5.75 Å². The molecule has 31 heavy (non-hydrogen) atoms. The van der Waals surface area contributed by atoms with Gasteiger partial charge in [0.15, 0.2) is 0 Å². The Labute approximate surface area is 183 Å². The Balaban J connectivity index is 1.46. The summed E-state index contributed by atoms with van der Waals surface area (Å²) in [5.41, 5.74) is 3.99. The smallest absolute Gasteiger partial charge is 0.226 e. The molecule has 0 spiro atoms. The SMILES string of the molecule is COc1ccc(C#Cc2ccc3c(c2)[C@@H]2[C@@H](CCN2C(=O)C2CCC2)[C@@H](CO)N3)cc1. The van der Waals surface area contributed by atoms with Gasteiger partial charge in [0.25, 0.3) is 0 Å². The Hall–Kier alpha value is -2.97. The highest BCUT2D eigenvalue weighted by Gasteiger charge is 2.47. The first-order valence-electron chi connectivity index (χ1n) is 11.2. The maximum Gasteiger partial charge on any atom is 0.226 e. The maximum absolute atomic E-state index is 13.1. The monoisotopic (exact) mass is 416 g/mol. The number of anilines is 1. The Kier molecular flexibility index (Phi) is 5.33. The van der Waals surface area contributed by atoms with E-state index in [1.54, 1.807) is 7.11 Å². The summed E-state index contributed by atoms with van der Waals surface area (Å²) in [7, 11) is 1.65. The number of fused-ring (bicyclic) bond motifs is 3. The number of nitrogens with one attached hydrogen (secondary N) is 1. The summed E-state index contributed by atoms with van der Waals surface area (Å²) in [5.74, 6) is 8.01. The van der Waals surface area contributed by atoms with Gasteiger partial charge < -0.3 is 20.1 Å². The van der Waals surface area contributed by atoms with Gasteiger partial charge in [-0.25, -0.2) is 0 Å². The highest BCUT2D eigenvalue weighted by Crippen LogP contribution is 2.48. The molecule has 2 fully saturated rings. The molecule has 3 aliphatic rings. The molecule has 0 unspecified atom stereocenters. The van der Waals surface area contributed by atoms with Crippen molar-refractivity contribution in [2.75, 3.05) is 25.6 Å². The molecule has 5 rings (SSSR count). The van der Waals surface area contributed by atoms with Crippen molar-refractivity contribution in [3.8, 4) is 17.6 Å². The number of carbonyl (C=O) groups is 1. The number of amides is 1. The van der Waals surface area contributed by atoms with E-state index in [-0.39, 0.29) is 36.4 Å². The fourth-order valence-electron chi connectivity index (χ4n) is 5.10. The first kappa shape index (κ1) is 20.0. The molecule has 1 amide bonds. The second kappa shape index (κ2) is 8.28. The normalized spacial score (nSPS) is 24.2. The number of hydrogen-bond donors (Lipinski definition) is 2. The topological polar surface area (TPSA) is 61.8 Å². The molecule has 160 valence electrons. The standard InChI is InChI=1S/C26H28N2O3/c1-31-20-10-7-17(8-11-20)5-6-18-9-12-23-22(15-18)25-21(24(16-29)27-23)13-14-28(25)26(30)19-3-2-4-19/h7-12,15,19,21,24-25,27,29H,2-4,13-14,16H2,1H3/t21-,24+,25-/m0/s1. The van der Waals surface area contributed by atoms with Crippen LogP contribution < -0.4 is 10.1 Å². The number of rotatable bonds is 3. The molecule has 2 aromatic rings. The van der Waals surface area contributed by atoms with E-state index in [1.165, 1.54) is 0 Å². The molecular formula is C26H28N2O3. The van der Waals surface area contributed by atoms with Gasteiger partial charge in [0.2, 0.25) is 5.91 Å². The fourth-order valence-corrected chi connectivity index (χ4v) is 5.10. The number of benzene rings is 2. The molecule has 1 saturated heterocycles. The van der Waals surface area contributed by atoms with Crippen molar-refractivity contribution >= 4 is 11.6 Å². The molecule has 0 radical (unpaired) electrons. The molecule has 5 nitrogen and oxygen atoms in total. The van der Waals surface area contributed by atoms with Gasteiger partial charge in [-0.05, 0) is 67.3 Å². The van der Waals surface area contributed by atoms with Crippen LogP contribution in [0, 0.1) is 23.7 Å². The third kappa shape index (κ3) is 3.66. The zero-order chi connectivity index (χ0) is 21.4. The second-order valence-corrected chi connectivity index (χ2v) is 8.77. The Morgan fingerprint density at radius 2 is 1.87 bits per heavy atom. The van der Waals surface area contributed by atoms with Gasteiger partial charge in [0, 0.05) is 35.2 Å². The molecule has 1 aliphatic carbocycles. The molecule has 2 aliphatic heterocycles. The molecule has 1 saturated carbocycles. The third-order valence-electron chi connectivity index (χ3n) is 7.05. The predicted octanol–water partition coefficient (Wildman–Crippen LogP) is 3.57. The Morgan fingerprint density at radius 3 is 2.55 bits per heavy atom. The van der Waals surface area contributed by atoms with E-state index in [9.17, 15) is 9.90 Å². The van der Waals surface area contributed by atoms with E-state index >= 15 is 0 Å². The number of likely N-dealkylation sites (tertiary alicyclic amines) is 1. The van der Waals surface area contributed by atoms with Crippen LogP contribution in [0.1, 0.15) is 48.4 Å². The van der Waals surface area contributed by atoms with Crippen LogP contribution in [0.5, 0.6) is 5.75 Å². The summed E-state index contributed by atoms with van der Waals surface area (Å²) in [6.07, 6.45) is 4.09. The van der Waals surface area contributed by atoms with Crippen LogP contribution in [-0.4, -0.2) is 42.2 Å². The highest BCUT2D eigenvalue weighted by molar-refractivity contribution is 5.81. The first-order chi connectivity index (χ1) is 15.2. The Morgan fingerprint density at radius 1 is 1.13 bits per heavy atom. The average Bonchev–Trinajstić information content (AvgIpc) is 3.22. The number of aliphatic hydroxyl groups is 1. The number of hydrogen-bond acceptors (Lipinski definition) is 4. The summed E-state index contributed by atoms with van der Waals surface area (Å²) in [5, 5.41) is 13.5. The lowest BCUT2D eigenvalue weighted by Crippen LogP contribution is -2.45. The average molecular weight is 417 g/mol.